The molecule has 1 N–H and O–H groups in total. The minimum absolute atomic E-state index is 0.155. The Labute approximate surface area is 95.0 Å². The van der Waals surface area contributed by atoms with Crippen molar-refractivity contribution in [3.63, 3.8) is 0 Å². The maximum absolute atomic E-state index is 11.6. The van der Waals surface area contributed by atoms with Crippen molar-refractivity contribution < 1.29 is 9.53 Å². The van der Waals surface area contributed by atoms with Gasteiger partial charge in [0.1, 0.15) is 11.4 Å². The van der Waals surface area contributed by atoms with Crippen LogP contribution in [0, 0.1) is 0 Å². The number of carbonyl (C=O) groups is 1. The van der Waals surface area contributed by atoms with Crippen molar-refractivity contribution in [3.05, 3.63) is 23.5 Å². The van der Waals surface area contributed by atoms with Gasteiger partial charge in [-0.25, -0.2) is 0 Å². The fourth-order valence-electron chi connectivity index (χ4n) is 1.61. The number of hydrogen-bond acceptors (Lipinski definition) is 3. The van der Waals surface area contributed by atoms with E-state index in [9.17, 15) is 4.79 Å². The van der Waals surface area contributed by atoms with E-state index in [0.717, 1.165) is 30.6 Å². The quantitative estimate of drug-likeness (QED) is 0.837. The van der Waals surface area contributed by atoms with E-state index in [2.05, 4.69) is 10.3 Å². The van der Waals surface area contributed by atoms with E-state index in [1.54, 1.807) is 13.2 Å². The minimum Gasteiger partial charge on any atom is -0.490 e. The largest absolute Gasteiger partial charge is 0.490 e. The summed E-state index contributed by atoms with van der Waals surface area (Å²) in [5.74, 6) is 0.650. The molecule has 16 heavy (non-hydrogen) atoms. The van der Waals surface area contributed by atoms with E-state index in [4.69, 9.17) is 4.74 Å². The molecule has 1 fully saturated rings. The molecule has 4 nitrogen and oxygen atoms in total. The summed E-state index contributed by atoms with van der Waals surface area (Å²) in [4.78, 5) is 15.7. The van der Waals surface area contributed by atoms with Gasteiger partial charge in [-0.05, 0) is 25.3 Å². The van der Waals surface area contributed by atoms with Gasteiger partial charge < -0.3 is 10.1 Å². The van der Waals surface area contributed by atoms with Crippen LogP contribution in [0.25, 0.3) is 0 Å². The second-order valence-corrected chi connectivity index (χ2v) is 3.89. The second kappa shape index (κ2) is 4.51. The van der Waals surface area contributed by atoms with Gasteiger partial charge in [0.05, 0.1) is 6.10 Å². The van der Waals surface area contributed by atoms with E-state index < -0.39 is 0 Å². The highest BCUT2D eigenvalue weighted by atomic mass is 16.5. The molecule has 0 aliphatic heterocycles. The number of hydrogen-bond donors (Lipinski definition) is 1. The molecular weight excluding hydrogens is 204 g/mol. The maximum atomic E-state index is 11.6. The first-order chi connectivity index (χ1) is 7.76. The summed E-state index contributed by atoms with van der Waals surface area (Å²) in [6, 6.07) is 1.84. The van der Waals surface area contributed by atoms with Crippen molar-refractivity contribution >= 4 is 5.91 Å². The number of nitrogens with zero attached hydrogens (tertiary/aromatic N) is 1. The number of ether oxygens (including phenoxy) is 1. The number of rotatable bonds is 4. The molecule has 0 unspecified atom stereocenters. The fourth-order valence-corrected chi connectivity index (χ4v) is 1.61. The van der Waals surface area contributed by atoms with Crippen LogP contribution in [0.5, 0.6) is 5.75 Å². The highest BCUT2D eigenvalue weighted by molar-refractivity contribution is 5.94. The van der Waals surface area contributed by atoms with Crippen molar-refractivity contribution in [1.82, 2.24) is 10.3 Å². The van der Waals surface area contributed by atoms with Crippen LogP contribution in [0.1, 0.15) is 35.8 Å². The second-order valence-electron chi connectivity index (χ2n) is 3.89. The predicted octanol–water partition coefficient (Wildman–Crippen LogP) is 1.54. The Morgan fingerprint density at radius 2 is 2.38 bits per heavy atom. The fraction of sp³-hybridized carbons (Fsp3) is 0.500. The van der Waals surface area contributed by atoms with Gasteiger partial charge in [-0.2, -0.15) is 0 Å². The topological polar surface area (TPSA) is 51.2 Å². The van der Waals surface area contributed by atoms with Gasteiger partial charge in [-0.15, -0.1) is 0 Å². The van der Waals surface area contributed by atoms with Crippen LogP contribution < -0.4 is 10.1 Å². The van der Waals surface area contributed by atoms with Crippen molar-refractivity contribution in [2.45, 2.75) is 32.3 Å². The third-order valence-corrected chi connectivity index (χ3v) is 2.63. The van der Waals surface area contributed by atoms with E-state index in [1.165, 1.54) is 0 Å². The van der Waals surface area contributed by atoms with Gasteiger partial charge >= 0.3 is 0 Å². The number of nitrogens with one attached hydrogen (secondary N) is 1. The summed E-state index contributed by atoms with van der Waals surface area (Å²) >= 11 is 0. The Bertz CT molecular complexity index is 400. The first-order valence-corrected chi connectivity index (χ1v) is 5.62. The molecule has 2 rings (SSSR count). The van der Waals surface area contributed by atoms with Crippen LogP contribution in [0.3, 0.4) is 0 Å². The number of pyridine rings is 1. The van der Waals surface area contributed by atoms with Crippen molar-refractivity contribution in [1.29, 1.82) is 0 Å². The standard InChI is InChI=1S/C12H16N2O2/c1-3-9-10(16-8-4-5-8)6-7-14-11(9)12(15)13-2/h6-8H,3-5H2,1-2H3,(H,13,15). The summed E-state index contributed by atoms with van der Waals surface area (Å²) in [7, 11) is 1.61. The average Bonchev–Trinajstić information content (AvgIpc) is 3.11. The highest BCUT2D eigenvalue weighted by Crippen LogP contribution is 2.30. The number of aromatic nitrogens is 1. The third kappa shape index (κ3) is 2.15. The average molecular weight is 220 g/mol. The van der Waals surface area contributed by atoms with E-state index in [1.807, 2.05) is 13.0 Å². The first-order valence-electron chi connectivity index (χ1n) is 5.62. The lowest BCUT2D eigenvalue weighted by atomic mass is 10.1. The highest BCUT2D eigenvalue weighted by Gasteiger charge is 2.25. The molecule has 0 saturated heterocycles. The first kappa shape index (κ1) is 10.9. The van der Waals surface area contributed by atoms with E-state index in [0.29, 0.717) is 11.8 Å². The van der Waals surface area contributed by atoms with Crippen molar-refractivity contribution in [2.75, 3.05) is 7.05 Å². The molecule has 1 heterocycles. The maximum Gasteiger partial charge on any atom is 0.270 e. The molecule has 0 spiro atoms. The lowest BCUT2D eigenvalue weighted by Gasteiger charge is -2.12. The molecule has 4 heteroatoms. The molecule has 1 aliphatic carbocycles. The summed E-state index contributed by atoms with van der Waals surface area (Å²) in [5.41, 5.74) is 1.37. The summed E-state index contributed by atoms with van der Waals surface area (Å²) in [5, 5.41) is 2.60. The number of amides is 1. The Morgan fingerprint density at radius 1 is 1.62 bits per heavy atom. The molecule has 0 bridgehead atoms. The lowest BCUT2D eigenvalue weighted by Crippen LogP contribution is -2.21. The predicted molar refractivity (Wildman–Crippen MR) is 60.7 cm³/mol. The SMILES string of the molecule is CCc1c(OC2CC2)ccnc1C(=O)NC. The Hall–Kier alpha value is -1.58. The zero-order valence-electron chi connectivity index (χ0n) is 9.62. The Balaban J connectivity index is 2.32. The monoisotopic (exact) mass is 220 g/mol. The van der Waals surface area contributed by atoms with Crippen LogP contribution in [-0.2, 0) is 6.42 Å². The zero-order chi connectivity index (χ0) is 11.5. The molecule has 1 amide bonds. The molecule has 1 aromatic heterocycles. The van der Waals surface area contributed by atoms with Crippen LogP contribution in [-0.4, -0.2) is 24.0 Å². The Morgan fingerprint density at radius 3 is 2.94 bits per heavy atom. The van der Waals surface area contributed by atoms with Crippen LogP contribution in [0.2, 0.25) is 0 Å². The van der Waals surface area contributed by atoms with Crippen LogP contribution >= 0.6 is 0 Å². The Kier molecular flexibility index (Phi) is 3.08. The number of carbonyl (C=O) groups excluding carboxylic acids is 1. The molecule has 1 aliphatic rings. The molecule has 0 atom stereocenters. The normalized spacial score (nSPS) is 14.6. The third-order valence-electron chi connectivity index (χ3n) is 2.63. The van der Waals surface area contributed by atoms with Gasteiger partial charge in [0.25, 0.3) is 5.91 Å². The van der Waals surface area contributed by atoms with Gasteiger partial charge in [0.2, 0.25) is 0 Å². The van der Waals surface area contributed by atoms with Crippen LogP contribution in [0.15, 0.2) is 12.3 Å². The molecule has 86 valence electrons. The molecule has 0 radical (unpaired) electrons. The van der Waals surface area contributed by atoms with Gasteiger partial charge in [0.15, 0.2) is 0 Å². The summed E-state index contributed by atoms with van der Waals surface area (Å²) in [6.07, 6.45) is 4.94. The lowest BCUT2D eigenvalue weighted by molar-refractivity contribution is 0.0956. The summed E-state index contributed by atoms with van der Waals surface area (Å²) in [6.45, 7) is 2.00. The minimum atomic E-state index is -0.155. The van der Waals surface area contributed by atoms with Gasteiger partial charge in [-0.3, -0.25) is 9.78 Å². The van der Waals surface area contributed by atoms with Crippen LogP contribution in [0.4, 0.5) is 0 Å². The van der Waals surface area contributed by atoms with Gasteiger partial charge in [-0.1, -0.05) is 6.92 Å². The molecule has 1 saturated carbocycles. The van der Waals surface area contributed by atoms with E-state index >= 15 is 0 Å². The van der Waals surface area contributed by atoms with Crippen molar-refractivity contribution in [3.8, 4) is 5.75 Å². The smallest absolute Gasteiger partial charge is 0.270 e. The van der Waals surface area contributed by atoms with E-state index in [-0.39, 0.29) is 5.91 Å². The molecule has 1 aromatic rings. The molecular formula is C12H16N2O2. The zero-order valence-corrected chi connectivity index (χ0v) is 9.62. The van der Waals surface area contributed by atoms with Gasteiger partial charge in [0, 0.05) is 18.8 Å². The molecule has 0 aromatic carbocycles. The van der Waals surface area contributed by atoms with Crippen molar-refractivity contribution in [2.24, 2.45) is 0 Å². The summed E-state index contributed by atoms with van der Waals surface area (Å²) < 4.78 is 5.76.